The minimum Gasteiger partial charge on any atom is -0.345 e. The van der Waals surface area contributed by atoms with Gasteiger partial charge in [0.25, 0.3) is 5.91 Å². The van der Waals surface area contributed by atoms with E-state index in [1.165, 1.54) is 11.3 Å². The second kappa shape index (κ2) is 4.14. The first-order chi connectivity index (χ1) is 6.73. The maximum Gasteiger partial charge on any atom is 0.255 e. The monoisotopic (exact) mass is 245 g/mol. The van der Waals surface area contributed by atoms with Crippen LogP contribution in [-0.4, -0.2) is 24.9 Å². The molecule has 0 aliphatic carbocycles. The van der Waals surface area contributed by atoms with Gasteiger partial charge in [0.15, 0.2) is 0 Å². The lowest BCUT2D eigenvalue weighted by Crippen LogP contribution is -2.21. The molecule has 0 aromatic carbocycles. The quantitative estimate of drug-likeness (QED) is 0.743. The molecule has 0 spiro atoms. The van der Waals surface area contributed by atoms with Crippen molar-refractivity contribution in [2.24, 2.45) is 0 Å². The van der Waals surface area contributed by atoms with E-state index in [0.29, 0.717) is 9.90 Å². The van der Waals surface area contributed by atoms with Gasteiger partial charge in [0, 0.05) is 19.0 Å². The molecule has 0 saturated carbocycles. The van der Waals surface area contributed by atoms with Gasteiger partial charge in [-0.15, -0.1) is 11.3 Å². The third-order valence-electron chi connectivity index (χ3n) is 2.06. The SMILES string of the molecule is CN(C)C(=O)c1cc(C(C)(C)C)sc1Cl. The first-order valence-corrected chi connectivity index (χ1v) is 5.94. The van der Waals surface area contributed by atoms with Crippen molar-refractivity contribution in [2.45, 2.75) is 26.2 Å². The van der Waals surface area contributed by atoms with E-state index in [4.69, 9.17) is 11.6 Å². The Hall–Kier alpha value is -0.540. The van der Waals surface area contributed by atoms with Crippen molar-refractivity contribution in [3.8, 4) is 0 Å². The number of hydrogen-bond acceptors (Lipinski definition) is 2. The zero-order valence-corrected chi connectivity index (χ0v) is 11.3. The summed E-state index contributed by atoms with van der Waals surface area (Å²) in [6, 6.07) is 1.90. The van der Waals surface area contributed by atoms with Gasteiger partial charge in [0.2, 0.25) is 0 Å². The first-order valence-electron chi connectivity index (χ1n) is 4.75. The van der Waals surface area contributed by atoms with Crippen LogP contribution < -0.4 is 0 Å². The second-order valence-electron chi connectivity index (χ2n) is 4.75. The lowest BCUT2D eigenvalue weighted by atomic mass is 9.94. The number of rotatable bonds is 1. The van der Waals surface area contributed by atoms with Crippen LogP contribution in [0.25, 0.3) is 0 Å². The fraction of sp³-hybridized carbons (Fsp3) is 0.545. The van der Waals surface area contributed by atoms with Crippen molar-refractivity contribution in [2.75, 3.05) is 14.1 Å². The number of carbonyl (C=O) groups is 1. The van der Waals surface area contributed by atoms with Crippen molar-refractivity contribution in [1.82, 2.24) is 4.90 Å². The average molecular weight is 246 g/mol. The summed E-state index contributed by atoms with van der Waals surface area (Å²) in [7, 11) is 3.46. The van der Waals surface area contributed by atoms with Crippen LogP contribution in [0.3, 0.4) is 0 Å². The van der Waals surface area contributed by atoms with E-state index in [-0.39, 0.29) is 11.3 Å². The van der Waals surface area contributed by atoms with Crippen molar-refractivity contribution in [3.63, 3.8) is 0 Å². The third-order valence-corrected chi connectivity index (χ3v) is 3.85. The Morgan fingerprint density at radius 2 is 1.93 bits per heavy atom. The van der Waals surface area contributed by atoms with E-state index in [0.717, 1.165) is 4.88 Å². The molecular weight excluding hydrogens is 230 g/mol. The number of hydrogen-bond donors (Lipinski definition) is 0. The summed E-state index contributed by atoms with van der Waals surface area (Å²) in [6.07, 6.45) is 0. The number of halogens is 1. The predicted molar refractivity (Wildman–Crippen MR) is 66.0 cm³/mol. The maximum atomic E-state index is 11.8. The fourth-order valence-corrected chi connectivity index (χ4v) is 2.44. The van der Waals surface area contributed by atoms with Gasteiger partial charge in [-0.3, -0.25) is 4.79 Å². The third kappa shape index (κ3) is 2.73. The molecule has 0 unspecified atom stereocenters. The molecule has 15 heavy (non-hydrogen) atoms. The van der Waals surface area contributed by atoms with Crippen LogP contribution in [0, 0.1) is 0 Å². The molecule has 0 aliphatic heterocycles. The van der Waals surface area contributed by atoms with Crippen LogP contribution in [-0.2, 0) is 5.41 Å². The molecule has 4 heteroatoms. The highest BCUT2D eigenvalue weighted by Crippen LogP contribution is 2.35. The summed E-state index contributed by atoms with van der Waals surface area (Å²) in [5.74, 6) is -0.0354. The first kappa shape index (κ1) is 12.5. The normalized spacial score (nSPS) is 11.6. The number of thiophene rings is 1. The van der Waals surface area contributed by atoms with Gasteiger partial charge in [0.05, 0.1) is 5.56 Å². The Kier molecular flexibility index (Phi) is 3.46. The van der Waals surface area contributed by atoms with Crippen molar-refractivity contribution in [1.29, 1.82) is 0 Å². The van der Waals surface area contributed by atoms with E-state index in [2.05, 4.69) is 20.8 Å². The van der Waals surface area contributed by atoms with Crippen molar-refractivity contribution < 1.29 is 4.79 Å². The molecule has 1 heterocycles. The predicted octanol–water partition coefficient (Wildman–Crippen LogP) is 3.40. The Morgan fingerprint density at radius 1 is 1.40 bits per heavy atom. The van der Waals surface area contributed by atoms with Crippen LogP contribution in [0.15, 0.2) is 6.07 Å². The Balaban J connectivity index is 3.13. The average Bonchev–Trinajstić information content (AvgIpc) is 2.45. The molecule has 0 radical (unpaired) electrons. The Bertz CT molecular complexity index is 376. The molecular formula is C11H16ClNOS. The summed E-state index contributed by atoms with van der Waals surface area (Å²) < 4.78 is 0.582. The van der Waals surface area contributed by atoms with E-state index < -0.39 is 0 Å². The highest BCUT2D eigenvalue weighted by Gasteiger charge is 2.22. The molecule has 1 amide bonds. The highest BCUT2D eigenvalue weighted by atomic mass is 35.5. The van der Waals surface area contributed by atoms with Crippen LogP contribution >= 0.6 is 22.9 Å². The van der Waals surface area contributed by atoms with Crippen molar-refractivity contribution >= 4 is 28.8 Å². The number of carbonyl (C=O) groups excluding carboxylic acids is 1. The van der Waals surface area contributed by atoms with Gasteiger partial charge in [-0.1, -0.05) is 32.4 Å². The van der Waals surface area contributed by atoms with Crippen LogP contribution in [0.1, 0.15) is 36.0 Å². The van der Waals surface area contributed by atoms with Crippen LogP contribution in [0.5, 0.6) is 0 Å². The molecule has 0 saturated heterocycles. The molecule has 0 atom stereocenters. The largest absolute Gasteiger partial charge is 0.345 e. The minimum absolute atomic E-state index is 0.0354. The van der Waals surface area contributed by atoms with Gasteiger partial charge < -0.3 is 4.90 Å². The van der Waals surface area contributed by atoms with E-state index in [1.54, 1.807) is 19.0 Å². The summed E-state index contributed by atoms with van der Waals surface area (Å²) in [4.78, 5) is 14.4. The maximum absolute atomic E-state index is 11.8. The van der Waals surface area contributed by atoms with E-state index in [9.17, 15) is 4.79 Å². The highest BCUT2D eigenvalue weighted by molar-refractivity contribution is 7.16. The molecule has 0 bridgehead atoms. The molecule has 1 aromatic heterocycles. The molecule has 84 valence electrons. The van der Waals surface area contributed by atoms with Gasteiger partial charge in [0.1, 0.15) is 4.34 Å². The fourth-order valence-electron chi connectivity index (χ4n) is 1.13. The molecule has 0 fully saturated rings. The molecule has 2 nitrogen and oxygen atoms in total. The van der Waals surface area contributed by atoms with E-state index in [1.807, 2.05) is 6.07 Å². The molecule has 1 aromatic rings. The van der Waals surface area contributed by atoms with E-state index >= 15 is 0 Å². The van der Waals surface area contributed by atoms with Gasteiger partial charge in [-0.25, -0.2) is 0 Å². The zero-order valence-electron chi connectivity index (χ0n) is 9.72. The number of amides is 1. The van der Waals surface area contributed by atoms with Crippen molar-refractivity contribution in [3.05, 3.63) is 20.8 Å². The lowest BCUT2D eigenvalue weighted by molar-refractivity contribution is 0.0828. The van der Waals surface area contributed by atoms with Crippen LogP contribution in [0.2, 0.25) is 4.34 Å². The summed E-state index contributed by atoms with van der Waals surface area (Å²) in [5.41, 5.74) is 0.649. The molecule has 0 N–H and O–H groups in total. The number of nitrogens with zero attached hydrogens (tertiary/aromatic N) is 1. The van der Waals surface area contributed by atoms with Gasteiger partial charge in [-0.05, 0) is 11.5 Å². The smallest absolute Gasteiger partial charge is 0.255 e. The molecule has 1 rings (SSSR count). The minimum atomic E-state index is -0.0354. The molecule has 0 aliphatic rings. The summed E-state index contributed by atoms with van der Waals surface area (Å²) in [5, 5.41) is 0. The lowest BCUT2D eigenvalue weighted by Gasteiger charge is -2.15. The zero-order chi connectivity index (χ0) is 11.8. The Morgan fingerprint density at radius 3 is 2.27 bits per heavy atom. The second-order valence-corrected chi connectivity index (χ2v) is 6.40. The van der Waals surface area contributed by atoms with Gasteiger partial charge in [-0.2, -0.15) is 0 Å². The van der Waals surface area contributed by atoms with Crippen LogP contribution in [0.4, 0.5) is 0 Å². The summed E-state index contributed by atoms with van der Waals surface area (Å²) in [6.45, 7) is 6.33. The van der Waals surface area contributed by atoms with Gasteiger partial charge >= 0.3 is 0 Å². The summed E-state index contributed by atoms with van der Waals surface area (Å²) >= 11 is 7.55. The Labute approximate surface area is 99.9 Å². The topological polar surface area (TPSA) is 20.3 Å². The standard InChI is InChI=1S/C11H16ClNOS/c1-11(2,3)8-6-7(9(12)15-8)10(14)13(4)5/h6H,1-5H3.